The molecule has 464 valence electrons. The quantitative estimate of drug-likeness (QED) is 0.00985. The summed E-state index contributed by atoms with van der Waals surface area (Å²) in [5.41, 5.74) is 13.1. The molecule has 2 aromatic heterocycles. The van der Waals surface area contributed by atoms with Gasteiger partial charge in [0.2, 0.25) is 41.2 Å². The number of benzene rings is 5. The van der Waals surface area contributed by atoms with Gasteiger partial charge in [-0.3, -0.25) is 38.3 Å². The molecule has 4 amide bonds. The van der Waals surface area contributed by atoms with Crippen LogP contribution in [-0.2, 0) is 56.5 Å². The third-order valence-electron chi connectivity index (χ3n) is 15.3. The minimum atomic E-state index is -1.97. The summed E-state index contributed by atoms with van der Waals surface area (Å²) in [4.78, 5) is 92.7. The highest BCUT2D eigenvalue weighted by Crippen LogP contribution is 2.37. The van der Waals surface area contributed by atoms with Gasteiger partial charge in [-0.15, -0.1) is 0 Å². The number of aliphatic hydroxyl groups excluding tert-OH is 3. The number of amides is 4. The van der Waals surface area contributed by atoms with Crippen molar-refractivity contribution in [2.45, 2.75) is 77.3 Å². The zero-order valence-corrected chi connectivity index (χ0v) is 49.6. The van der Waals surface area contributed by atoms with Crippen LogP contribution in [0.5, 0.6) is 5.75 Å². The molecule has 0 saturated carbocycles. The standard InChI is InChI=1S/C64H69N7O16.CH3/c1-37-15-20-45(56(75)53-55(41-11-7-5-8-12-41)68(4)71(62(53)80)44-13-9-6-10-14-44)54(65)52(37)43-19-21-47-42(35-43)18-16-39(3)70(47)36-40-17-22-48(86-64-59(78)57(76)58(77)60(87-64)63(81)82)46(34-40)67-50(73)23-25-66-49(72)24-27-83-29-31-85-32-30-84-28-26-69-51(74)33-38(2)61(69)79;/h5-22,34-35,38,57-60,64,76-78H,23-33,36H2,1-4H3,(H4-,65,66,67,72,73,75,81,82);1H3/q;-1/p+1/t38?,57-,58-,59+,60-,64+;/m0./s1. The van der Waals surface area contributed by atoms with Crippen LogP contribution < -0.4 is 31.2 Å². The smallest absolute Gasteiger partial charge is 0.335 e. The number of para-hydroxylation sites is 1. The number of aromatic nitrogens is 3. The fourth-order valence-corrected chi connectivity index (χ4v) is 10.7. The molecule has 23 nitrogen and oxygen atoms in total. The number of aliphatic hydroxyl groups is 3. The van der Waals surface area contributed by atoms with E-state index in [2.05, 4.69) is 10.6 Å². The first-order chi connectivity index (χ1) is 41.8. The number of carboxylic acid groups (broad SMARTS) is 1. The second-order valence-electron chi connectivity index (χ2n) is 21.4. The van der Waals surface area contributed by atoms with E-state index in [9.17, 15) is 54.0 Å². The number of nitrogen functional groups attached to an aromatic ring is 1. The van der Waals surface area contributed by atoms with Gasteiger partial charge in [0.25, 0.3) is 5.56 Å². The van der Waals surface area contributed by atoms with Gasteiger partial charge in [-0.25, -0.2) is 9.48 Å². The van der Waals surface area contributed by atoms with Crippen molar-refractivity contribution < 1.29 is 77.4 Å². The number of rotatable bonds is 26. The predicted octanol–water partition coefficient (Wildman–Crippen LogP) is 4.43. The van der Waals surface area contributed by atoms with Crippen LogP contribution in [0.25, 0.3) is 39.0 Å². The number of carbonyl (C=O) groups is 6. The Morgan fingerprint density at radius 2 is 1.43 bits per heavy atom. The number of carboxylic acids is 1. The number of likely N-dealkylation sites (tertiary alicyclic amines) is 1. The number of ketones is 1. The molecule has 2 aliphatic rings. The van der Waals surface area contributed by atoms with Gasteiger partial charge in [-0.1, -0.05) is 61.5 Å². The molecule has 0 aliphatic carbocycles. The lowest BCUT2D eigenvalue weighted by Crippen LogP contribution is -2.61. The van der Waals surface area contributed by atoms with E-state index in [1.165, 1.54) is 15.6 Å². The number of carbonyl (C=O) groups excluding carboxylic acids is 5. The number of aliphatic carboxylic acids is 1. The van der Waals surface area contributed by atoms with E-state index in [0.29, 0.717) is 33.6 Å². The third-order valence-corrected chi connectivity index (χ3v) is 15.3. The van der Waals surface area contributed by atoms with E-state index >= 15 is 0 Å². The molecule has 7 aromatic rings. The molecule has 9 rings (SSSR count). The summed E-state index contributed by atoms with van der Waals surface area (Å²) in [6, 6.07) is 36.2. The van der Waals surface area contributed by atoms with Crippen molar-refractivity contribution in [2.24, 2.45) is 13.0 Å². The molecule has 2 saturated heterocycles. The lowest BCUT2D eigenvalue weighted by Gasteiger charge is -2.38. The largest absolute Gasteiger partial charge is 0.479 e. The summed E-state index contributed by atoms with van der Waals surface area (Å²) < 4.78 is 33.0. The maximum absolute atomic E-state index is 14.9. The Morgan fingerprint density at radius 3 is 2.11 bits per heavy atom. The van der Waals surface area contributed by atoms with Crippen molar-refractivity contribution >= 4 is 57.7 Å². The van der Waals surface area contributed by atoms with Crippen LogP contribution in [0.1, 0.15) is 58.9 Å². The number of ether oxygens (including phenoxy) is 5. The van der Waals surface area contributed by atoms with Gasteiger partial charge in [0.15, 0.2) is 18.3 Å². The number of nitrogens with zero attached hydrogens (tertiary/aromatic N) is 4. The first-order valence-corrected chi connectivity index (χ1v) is 28.5. The van der Waals surface area contributed by atoms with Crippen LogP contribution in [0, 0.1) is 27.2 Å². The monoisotopic (exact) mass is 1210 g/mol. The molecule has 5 aromatic carbocycles. The lowest BCUT2D eigenvalue weighted by molar-refractivity contribution is -0.668. The molecule has 4 heterocycles. The van der Waals surface area contributed by atoms with Crippen molar-refractivity contribution in [2.75, 3.05) is 63.8 Å². The number of anilines is 2. The second kappa shape index (κ2) is 29.2. The normalized spacial score (nSPS) is 18.3. The van der Waals surface area contributed by atoms with Gasteiger partial charge < -0.3 is 67.9 Å². The lowest BCUT2D eigenvalue weighted by atomic mass is 9.91. The van der Waals surface area contributed by atoms with Gasteiger partial charge in [0, 0.05) is 85.5 Å². The van der Waals surface area contributed by atoms with E-state index < -0.39 is 53.9 Å². The Kier molecular flexibility index (Phi) is 21.6. The number of pyridine rings is 1. The molecule has 88 heavy (non-hydrogen) atoms. The molecule has 2 fully saturated rings. The predicted molar refractivity (Wildman–Crippen MR) is 324 cm³/mol. The van der Waals surface area contributed by atoms with Crippen molar-refractivity contribution in [3.05, 3.63) is 167 Å². The van der Waals surface area contributed by atoms with E-state index in [4.69, 9.17) is 29.4 Å². The van der Waals surface area contributed by atoms with E-state index in [1.54, 1.807) is 49.0 Å². The van der Waals surface area contributed by atoms with Gasteiger partial charge >= 0.3 is 5.97 Å². The molecule has 23 heteroatoms. The molecule has 2 aliphatic heterocycles. The van der Waals surface area contributed by atoms with Crippen molar-refractivity contribution in [3.63, 3.8) is 0 Å². The maximum atomic E-state index is 14.9. The Balaban J connectivity index is 0.0000100. The first kappa shape index (κ1) is 65.0. The van der Waals surface area contributed by atoms with Crippen LogP contribution in [0.15, 0.2) is 126 Å². The Morgan fingerprint density at radius 1 is 0.750 bits per heavy atom. The average molecular weight is 1210 g/mol. The van der Waals surface area contributed by atoms with Crippen molar-refractivity contribution in [1.29, 1.82) is 0 Å². The van der Waals surface area contributed by atoms with Gasteiger partial charge in [0.05, 0.1) is 68.9 Å². The van der Waals surface area contributed by atoms with Crippen LogP contribution in [0.2, 0.25) is 0 Å². The second-order valence-corrected chi connectivity index (χ2v) is 21.4. The van der Waals surface area contributed by atoms with Crippen LogP contribution in [-0.4, -0.2) is 154 Å². The van der Waals surface area contributed by atoms with E-state index in [-0.39, 0.29) is 138 Å². The maximum Gasteiger partial charge on any atom is 0.335 e. The fraction of sp³-hybridized carbons (Fsp3) is 0.338. The van der Waals surface area contributed by atoms with E-state index in [0.717, 1.165) is 22.2 Å². The molecular weight excluding hydrogens is 1130 g/mol. The number of nitrogens with two attached hydrogens (primary N) is 1. The molecule has 0 spiro atoms. The summed E-state index contributed by atoms with van der Waals surface area (Å²) in [6.07, 6.45) is -9.56. The molecule has 1 unspecified atom stereocenters. The minimum absolute atomic E-state index is 0. The minimum Gasteiger partial charge on any atom is -0.479 e. The van der Waals surface area contributed by atoms with Crippen molar-refractivity contribution in [3.8, 4) is 33.8 Å². The average Bonchev–Trinajstić information content (AvgIpc) is 1.55. The molecule has 8 N–H and O–H groups in total. The summed E-state index contributed by atoms with van der Waals surface area (Å²) in [7, 11) is 1.74. The summed E-state index contributed by atoms with van der Waals surface area (Å²) in [5, 5.41) is 47.7. The number of hydrogen-bond donors (Lipinski definition) is 7. The Bertz CT molecular complexity index is 3760. The number of imide groups is 1. The van der Waals surface area contributed by atoms with Crippen LogP contribution in [0.3, 0.4) is 0 Å². The Hall–Kier alpha value is -8.94. The number of hydrogen-bond acceptors (Lipinski definition) is 16. The topological polar surface area (TPSA) is 314 Å². The zero-order chi connectivity index (χ0) is 62.1. The molecule has 6 atom stereocenters. The highest BCUT2D eigenvalue weighted by atomic mass is 16.7. The summed E-state index contributed by atoms with van der Waals surface area (Å²) >= 11 is 0. The zero-order valence-electron chi connectivity index (χ0n) is 49.6. The van der Waals surface area contributed by atoms with E-state index in [1.807, 2.05) is 103 Å². The SMILES string of the molecule is Cc1ccc(C(=O)c2c(-c3ccccc3)n(C)n(-c3ccccc3)c2=O)c(N)c1-c1ccc2c(ccc(C)[n+]2Cc2ccc(O[C@@H]3O[C@H](C(=O)O)[C@@H](O)[C@H](O)[C@H]3O)c(NC(=O)CCNC(=O)CCOCCOCCOCCN3C(=O)CC(C)C3=O)c2)c1.[CH3-]. The fourth-order valence-electron chi connectivity index (χ4n) is 10.7. The Labute approximate surface area is 507 Å². The van der Waals surface area contributed by atoms with Gasteiger partial charge in [-0.2, -0.15) is 4.57 Å². The number of aryl methyl sites for hydroxylation is 2. The van der Waals surface area contributed by atoms with Crippen LogP contribution >= 0.6 is 0 Å². The molecular formula is C65H73N7O16. The number of fused-ring (bicyclic) bond motifs is 1. The summed E-state index contributed by atoms with van der Waals surface area (Å²) in [5.74, 6) is -3.85. The third kappa shape index (κ3) is 14.5. The van der Waals surface area contributed by atoms with Crippen LogP contribution in [0.4, 0.5) is 11.4 Å². The van der Waals surface area contributed by atoms with Gasteiger partial charge in [0.1, 0.15) is 29.6 Å². The molecule has 0 bridgehead atoms. The summed E-state index contributed by atoms with van der Waals surface area (Å²) in [6.45, 7) is 7.15. The highest BCUT2D eigenvalue weighted by molar-refractivity contribution is 6.16. The van der Waals surface area contributed by atoms with Crippen molar-refractivity contribution in [1.82, 2.24) is 19.6 Å². The molecule has 0 radical (unpaired) electrons. The number of nitrogens with one attached hydrogen (secondary N) is 2. The first-order valence-electron chi connectivity index (χ1n) is 28.5. The van der Waals surface area contributed by atoms with Gasteiger partial charge in [-0.05, 0) is 72.6 Å². The highest BCUT2D eigenvalue weighted by Gasteiger charge is 2.48.